The Bertz CT molecular complexity index is 799. The number of nitrogens with zero attached hydrogens (tertiary/aromatic N) is 1. The standard InChI is InChI=1S/C19H20F3N3O2S/c20-19(21,22)16-3-1-15(2-4-16)18(27)23-11-17(26)25-8-6-24(7-9-25)12-14-5-10-28-13-14/h1-5,10,13H,6-9,11-12H2,(H,23,27)/p+1. The highest BCUT2D eigenvalue weighted by Crippen LogP contribution is 2.29. The van der Waals surface area contributed by atoms with Gasteiger partial charge in [0.05, 0.1) is 38.3 Å². The summed E-state index contributed by atoms with van der Waals surface area (Å²) in [6.45, 7) is 3.70. The van der Waals surface area contributed by atoms with E-state index in [1.807, 2.05) is 5.38 Å². The molecule has 2 amide bonds. The zero-order chi connectivity index (χ0) is 20.1. The summed E-state index contributed by atoms with van der Waals surface area (Å²) in [6, 6.07) is 6.02. The Kier molecular flexibility index (Phi) is 6.35. The predicted molar refractivity (Wildman–Crippen MR) is 99.1 cm³/mol. The molecule has 1 aliphatic heterocycles. The number of alkyl halides is 3. The first kappa shape index (κ1) is 20.3. The molecule has 1 aliphatic rings. The van der Waals surface area contributed by atoms with Crippen molar-refractivity contribution < 1.29 is 27.7 Å². The third-order valence-corrected chi connectivity index (χ3v) is 5.46. The molecule has 0 radical (unpaired) electrons. The molecule has 1 fully saturated rings. The molecule has 9 heteroatoms. The van der Waals surface area contributed by atoms with Crippen molar-refractivity contribution in [3.05, 3.63) is 57.8 Å². The summed E-state index contributed by atoms with van der Waals surface area (Å²) in [5, 5.41) is 6.66. The van der Waals surface area contributed by atoms with Crippen LogP contribution in [0.15, 0.2) is 41.1 Å². The molecule has 0 spiro atoms. The zero-order valence-corrected chi connectivity index (χ0v) is 15.9. The topological polar surface area (TPSA) is 53.9 Å². The molecule has 0 aliphatic carbocycles. The number of nitrogens with one attached hydrogen (secondary N) is 2. The highest BCUT2D eigenvalue weighted by atomic mass is 32.1. The molecule has 1 aromatic carbocycles. The number of quaternary nitrogens is 1. The van der Waals surface area contributed by atoms with E-state index < -0.39 is 17.6 Å². The van der Waals surface area contributed by atoms with Crippen LogP contribution in [-0.2, 0) is 17.5 Å². The van der Waals surface area contributed by atoms with Crippen molar-refractivity contribution in [3.8, 4) is 0 Å². The van der Waals surface area contributed by atoms with Gasteiger partial charge in [-0.1, -0.05) is 0 Å². The second kappa shape index (κ2) is 8.74. The molecular weight excluding hydrogens is 391 g/mol. The fraction of sp³-hybridized carbons (Fsp3) is 0.368. The summed E-state index contributed by atoms with van der Waals surface area (Å²) in [5.74, 6) is -0.751. The summed E-state index contributed by atoms with van der Waals surface area (Å²) in [5.41, 5.74) is 0.567. The second-order valence-electron chi connectivity index (χ2n) is 6.70. The summed E-state index contributed by atoms with van der Waals surface area (Å²) < 4.78 is 37.7. The van der Waals surface area contributed by atoms with Crippen LogP contribution in [0, 0.1) is 0 Å². The van der Waals surface area contributed by atoms with Gasteiger partial charge in [-0.2, -0.15) is 24.5 Å². The third-order valence-electron chi connectivity index (χ3n) is 4.73. The van der Waals surface area contributed by atoms with Crippen molar-refractivity contribution in [2.75, 3.05) is 32.7 Å². The van der Waals surface area contributed by atoms with Gasteiger partial charge in [0.25, 0.3) is 5.91 Å². The van der Waals surface area contributed by atoms with Crippen LogP contribution in [0.3, 0.4) is 0 Å². The van der Waals surface area contributed by atoms with E-state index in [1.165, 1.54) is 10.5 Å². The number of hydrogen-bond acceptors (Lipinski definition) is 3. The van der Waals surface area contributed by atoms with Gasteiger partial charge in [-0.05, 0) is 41.1 Å². The van der Waals surface area contributed by atoms with Crippen LogP contribution < -0.4 is 10.2 Å². The van der Waals surface area contributed by atoms with Gasteiger partial charge < -0.3 is 15.1 Å². The largest absolute Gasteiger partial charge is 0.416 e. The number of halogens is 3. The second-order valence-corrected chi connectivity index (χ2v) is 7.48. The predicted octanol–water partition coefficient (Wildman–Crippen LogP) is 1.42. The van der Waals surface area contributed by atoms with E-state index in [0.29, 0.717) is 13.1 Å². The molecule has 1 saturated heterocycles. The Balaban J connectivity index is 1.43. The van der Waals surface area contributed by atoms with Crippen molar-refractivity contribution in [2.45, 2.75) is 12.7 Å². The van der Waals surface area contributed by atoms with E-state index in [1.54, 1.807) is 16.2 Å². The molecule has 5 nitrogen and oxygen atoms in total. The Morgan fingerprint density at radius 3 is 2.36 bits per heavy atom. The van der Waals surface area contributed by atoms with Gasteiger partial charge in [0, 0.05) is 11.1 Å². The Morgan fingerprint density at radius 2 is 1.79 bits per heavy atom. The summed E-state index contributed by atoms with van der Waals surface area (Å²) in [7, 11) is 0. The van der Waals surface area contributed by atoms with Crippen LogP contribution >= 0.6 is 11.3 Å². The molecule has 2 N–H and O–H groups in total. The van der Waals surface area contributed by atoms with Crippen molar-refractivity contribution in [1.82, 2.24) is 10.2 Å². The minimum Gasteiger partial charge on any atom is -0.343 e. The van der Waals surface area contributed by atoms with Gasteiger partial charge in [-0.25, -0.2) is 0 Å². The number of carbonyl (C=O) groups is 2. The van der Waals surface area contributed by atoms with Crippen LogP contribution in [0.1, 0.15) is 21.5 Å². The SMILES string of the molecule is O=C(NCC(=O)N1CC[NH+](Cc2ccsc2)CC1)c1ccc(C(F)(F)F)cc1. The van der Waals surface area contributed by atoms with E-state index in [9.17, 15) is 22.8 Å². The lowest BCUT2D eigenvalue weighted by molar-refractivity contribution is -0.917. The molecule has 0 atom stereocenters. The third kappa shape index (κ3) is 5.32. The Hall–Kier alpha value is -2.39. The van der Waals surface area contributed by atoms with Gasteiger partial charge >= 0.3 is 6.18 Å². The first-order chi connectivity index (χ1) is 13.3. The summed E-state index contributed by atoms with van der Waals surface area (Å²) in [4.78, 5) is 27.5. The maximum absolute atomic E-state index is 12.6. The highest BCUT2D eigenvalue weighted by Gasteiger charge is 2.30. The van der Waals surface area contributed by atoms with Crippen LogP contribution in [-0.4, -0.2) is 49.4 Å². The minimum absolute atomic E-state index is 0.0887. The van der Waals surface area contributed by atoms with Gasteiger partial charge in [0.2, 0.25) is 5.91 Å². The lowest BCUT2D eigenvalue weighted by Crippen LogP contribution is -3.13. The monoisotopic (exact) mass is 412 g/mol. The first-order valence-electron chi connectivity index (χ1n) is 8.91. The summed E-state index contributed by atoms with van der Waals surface area (Å²) >= 11 is 1.67. The van der Waals surface area contributed by atoms with Crippen molar-refractivity contribution in [2.24, 2.45) is 0 Å². The van der Waals surface area contributed by atoms with Crippen molar-refractivity contribution in [1.29, 1.82) is 0 Å². The van der Waals surface area contributed by atoms with E-state index in [-0.39, 0.29) is 18.0 Å². The number of rotatable bonds is 5. The fourth-order valence-corrected chi connectivity index (χ4v) is 3.78. The molecule has 2 heterocycles. The number of amides is 2. The van der Waals surface area contributed by atoms with E-state index in [4.69, 9.17) is 0 Å². The highest BCUT2D eigenvalue weighted by molar-refractivity contribution is 7.07. The number of thiophene rings is 1. The molecule has 0 saturated carbocycles. The van der Waals surface area contributed by atoms with Crippen LogP contribution in [0.5, 0.6) is 0 Å². The molecule has 3 rings (SSSR count). The normalized spacial score (nSPS) is 15.5. The smallest absolute Gasteiger partial charge is 0.343 e. The quantitative estimate of drug-likeness (QED) is 0.781. The lowest BCUT2D eigenvalue weighted by atomic mass is 10.1. The Labute approximate surface area is 164 Å². The minimum atomic E-state index is -4.45. The number of hydrogen-bond donors (Lipinski definition) is 2. The molecule has 1 aromatic heterocycles. The van der Waals surface area contributed by atoms with Gasteiger partial charge in [-0.3, -0.25) is 9.59 Å². The molecule has 150 valence electrons. The number of carbonyl (C=O) groups excluding carboxylic acids is 2. The zero-order valence-electron chi connectivity index (χ0n) is 15.1. The van der Waals surface area contributed by atoms with E-state index in [2.05, 4.69) is 16.8 Å². The van der Waals surface area contributed by atoms with E-state index >= 15 is 0 Å². The molecule has 0 unspecified atom stereocenters. The summed E-state index contributed by atoms with van der Waals surface area (Å²) in [6.07, 6.45) is -4.45. The number of benzene rings is 1. The average molecular weight is 412 g/mol. The van der Waals surface area contributed by atoms with Crippen LogP contribution in [0.2, 0.25) is 0 Å². The average Bonchev–Trinajstić information content (AvgIpc) is 3.19. The molecule has 28 heavy (non-hydrogen) atoms. The van der Waals surface area contributed by atoms with Crippen LogP contribution in [0.25, 0.3) is 0 Å². The molecule has 0 bridgehead atoms. The Morgan fingerprint density at radius 1 is 1.11 bits per heavy atom. The lowest BCUT2D eigenvalue weighted by Gasteiger charge is -2.32. The van der Waals surface area contributed by atoms with Gasteiger partial charge in [0.15, 0.2) is 0 Å². The maximum atomic E-state index is 12.6. The molecule has 2 aromatic rings. The van der Waals surface area contributed by atoms with Crippen molar-refractivity contribution >= 4 is 23.2 Å². The molecular formula is C19H21F3N3O2S+. The van der Waals surface area contributed by atoms with E-state index in [0.717, 1.165) is 43.9 Å². The van der Waals surface area contributed by atoms with Crippen molar-refractivity contribution in [3.63, 3.8) is 0 Å². The number of piperazine rings is 1. The van der Waals surface area contributed by atoms with Gasteiger partial charge in [0.1, 0.15) is 6.54 Å². The van der Waals surface area contributed by atoms with Crippen LogP contribution in [0.4, 0.5) is 13.2 Å². The van der Waals surface area contributed by atoms with Gasteiger partial charge in [-0.15, -0.1) is 0 Å². The fourth-order valence-electron chi connectivity index (χ4n) is 3.11. The first-order valence-corrected chi connectivity index (χ1v) is 9.85. The maximum Gasteiger partial charge on any atom is 0.416 e.